The van der Waals surface area contributed by atoms with Crippen LogP contribution in [0.1, 0.15) is 22.9 Å². The zero-order valence-corrected chi connectivity index (χ0v) is 10.6. The number of nitrogens with one attached hydrogen (secondary N) is 1. The Morgan fingerprint density at radius 2 is 1.95 bits per heavy atom. The van der Waals surface area contributed by atoms with Crippen molar-refractivity contribution in [1.29, 1.82) is 0 Å². The third-order valence-corrected chi connectivity index (χ3v) is 3.44. The van der Waals surface area contributed by atoms with E-state index in [-0.39, 0.29) is 16.8 Å². The highest BCUT2D eigenvalue weighted by molar-refractivity contribution is 5.30. The number of ether oxygens (including phenoxy) is 1. The summed E-state index contributed by atoms with van der Waals surface area (Å²) in [5, 5.41) is 28.6. The quantitative estimate of drug-likeness (QED) is 0.570. The van der Waals surface area contributed by atoms with Gasteiger partial charge in [-0.15, -0.1) is 0 Å². The molecule has 4 atom stereocenters. The molecule has 106 valence electrons. The molecule has 7 heteroatoms. The summed E-state index contributed by atoms with van der Waals surface area (Å²) in [5.74, 6) is -0.768. The molecule has 2 rings (SSSR count). The van der Waals surface area contributed by atoms with Crippen LogP contribution in [0, 0.1) is 19.7 Å². The molecule has 1 aromatic rings. The van der Waals surface area contributed by atoms with Crippen molar-refractivity contribution in [2.24, 2.45) is 0 Å². The fourth-order valence-corrected chi connectivity index (χ4v) is 2.27. The van der Waals surface area contributed by atoms with Crippen LogP contribution in [-0.4, -0.2) is 45.2 Å². The summed E-state index contributed by atoms with van der Waals surface area (Å²) in [7, 11) is 0. The summed E-state index contributed by atoms with van der Waals surface area (Å²) in [6.45, 7) is 2.31. The Kier molecular flexibility index (Phi) is 3.73. The van der Waals surface area contributed by atoms with E-state index >= 15 is 0 Å². The monoisotopic (exact) mass is 273 g/mol. The first kappa shape index (κ1) is 14.1. The van der Waals surface area contributed by atoms with E-state index in [1.165, 1.54) is 13.8 Å². The van der Waals surface area contributed by atoms with Crippen molar-refractivity contribution < 1.29 is 24.4 Å². The highest BCUT2D eigenvalue weighted by atomic mass is 19.1. The highest BCUT2D eigenvalue weighted by Crippen LogP contribution is 2.35. The molecule has 0 amide bonds. The molecule has 6 nitrogen and oxygen atoms in total. The van der Waals surface area contributed by atoms with Gasteiger partial charge in [-0.3, -0.25) is 4.79 Å². The second-order valence-corrected chi connectivity index (χ2v) is 4.69. The summed E-state index contributed by atoms with van der Waals surface area (Å²) in [5.41, 5.74) is -0.439. The van der Waals surface area contributed by atoms with Crippen LogP contribution in [0.25, 0.3) is 0 Å². The van der Waals surface area contributed by atoms with E-state index in [2.05, 4.69) is 4.98 Å². The van der Waals surface area contributed by atoms with Gasteiger partial charge in [-0.25, -0.2) is 4.39 Å². The molecular weight excluding hydrogens is 257 g/mol. The summed E-state index contributed by atoms with van der Waals surface area (Å²) in [6.07, 6.45) is -4.77. The number of aryl methyl sites for hydroxylation is 1. The predicted octanol–water partition coefficient (Wildman–Crippen LogP) is -0.715. The molecule has 0 bridgehead atoms. The van der Waals surface area contributed by atoms with Gasteiger partial charge in [0.2, 0.25) is 0 Å². The van der Waals surface area contributed by atoms with E-state index < -0.39 is 42.4 Å². The highest BCUT2D eigenvalue weighted by Gasteiger charge is 2.45. The van der Waals surface area contributed by atoms with Gasteiger partial charge in [0.25, 0.3) is 5.56 Å². The number of H-pyrrole nitrogens is 1. The molecular formula is C12H16FNO5. The number of pyridine rings is 1. The summed E-state index contributed by atoms with van der Waals surface area (Å²) in [6, 6.07) is 0. The van der Waals surface area contributed by atoms with Gasteiger partial charge in [0.05, 0.1) is 12.2 Å². The largest absolute Gasteiger partial charge is 0.394 e. The van der Waals surface area contributed by atoms with Crippen molar-refractivity contribution in [2.45, 2.75) is 38.3 Å². The lowest BCUT2D eigenvalue weighted by atomic mass is 9.98. The number of aliphatic hydroxyl groups is 3. The van der Waals surface area contributed by atoms with E-state index in [1.54, 1.807) is 0 Å². The topological polar surface area (TPSA) is 103 Å². The van der Waals surface area contributed by atoms with Crippen LogP contribution in [0.4, 0.5) is 4.39 Å². The van der Waals surface area contributed by atoms with Gasteiger partial charge in [-0.2, -0.15) is 0 Å². The van der Waals surface area contributed by atoms with E-state index in [9.17, 15) is 19.4 Å². The Bertz CT molecular complexity index is 544. The summed E-state index contributed by atoms with van der Waals surface area (Å²) in [4.78, 5) is 13.9. The van der Waals surface area contributed by atoms with Crippen LogP contribution in [0.2, 0.25) is 0 Å². The molecule has 0 radical (unpaired) electrons. The van der Waals surface area contributed by atoms with Gasteiger partial charge in [0.1, 0.15) is 30.2 Å². The number of aromatic amines is 1. The molecule has 1 aromatic heterocycles. The Morgan fingerprint density at radius 3 is 2.47 bits per heavy atom. The van der Waals surface area contributed by atoms with Gasteiger partial charge in [-0.05, 0) is 13.8 Å². The molecule has 1 aliphatic heterocycles. The number of hydrogen-bond donors (Lipinski definition) is 4. The molecule has 2 heterocycles. The fourth-order valence-electron chi connectivity index (χ4n) is 2.27. The van der Waals surface area contributed by atoms with Gasteiger partial charge in [-0.1, -0.05) is 0 Å². The third-order valence-electron chi connectivity index (χ3n) is 3.44. The number of aliphatic hydroxyl groups excluding tert-OH is 3. The zero-order chi connectivity index (χ0) is 14.3. The van der Waals surface area contributed by atoms with Gasteiger partial charge in [0.15, 0.2) is 0 Å². The number of aromatic nitrogens is 1. The van der Waals surface area contributed by atoms with Crippen LogP contribution in [0.15, 0.2) is 4.79 Å². The van der Waals surface area contributed by atoms with Crippen molar-refractivity contribution in [3.05, 3.63) is 33.0 Å². The molecule has 19 heavy (non-hydrogen) atoms. The van der Waals surface area contributed by atoms with Crippen LogP contribution in [0.3, 0.4) is 0 Å². The van der Waals surface area contributed by atoms with E-state index in [0.717, 1.165) is 0 Å². The Hall–Kier alpha value is -1.28. The first-order valence-electron chi connectivity index (χ1n) is 5.89. The maximum absolute atomic E-state index is 14.2. The van der Waals surface area contributed by atoms with E-state index in [0.29, 0.717) is 0 Å². The molecule has 0 aromatic carbocycles. The van der Waals surface area contributed by atoms with Gasteiger partial charge < -0.3 is 25.0 Å². The lowest BCUT2D eigenvalue weighted by molar-refractivity contribution is -0.0240. The maximum Gasteiger partial charge on any atom is 0.254 e. The average molecular weight is 273 g/mol. The Labute approximate surface area is 108 Å². The normalized spacial score (nSPS) is 30.8. The van der Waals surface area contributed by atoms with Crippen molar-refractivity contribution in [3.63, 3.8) is 0 Å². The van der Waals surface area contributed by atoms with Crippen LogP contribution in [-0.2, 0) is 4.74 Å². The maximum atomic E-state index is 14.2. The fraction of sp³-hybridized carbons (Fsp3) is 0.583. The minimum absolute atomic E-state index is 0.000370. The summed E-state index contributed by atoms with van der Waals surface area (Å²) >= 11 is 0. The van der Waals surface area contributed by atoms with Gasteiger partial charge >= 0.3 is 0 Å². The van der Waals surface area contributed by atoms with Crippen molar-refractivity contribution in [2.75, 3.05) is 6.61 Å². The van der Waals surface area contributed by atoms with Crippen LogP contribution in [0.5, 0.6) is 0 Å². The van der Waals surface area contributed by atoms with Crippen LogP contribution >= 0.6 is 0 Å². The van der Waals surface area contributed by atoms with Crippen LogP contribution < -0.4 is 5.56 Å². The Morgan fingerprint density at radius 1 is 1.32 bits per heavy atom. The van der Waals surface area contributed by atoms with E-state index in [1.807, 2.05) is 0 Å². The zero-order valence-electron chi connectivity index (χ0n) is 10.6. The van der Waals surface area contributed by atoms with Gasteiger partial charge in [0, 0.05) is 11.3 Å². The van der Waals surface area contributed by atoms with Crippen molar-refractivity contribution >= 4 is 0 Å². The molecule has 1 aliphatic rings. The second-order valence-electron chi connectivity index (χ2n) is 4.69. The Balaban J connectivity index is 2.49. The van der Waals surface area contributed by atoms with E-state index in [4.69, 9.17) is 9.84 Å². The average Bonchev–Trinajstić information content (AvgIpc) is 2.64. The standard InChI is InChI=1S/C12H16FNO5/c1-4-8(13)7(5(2)14-12(4)18)11-10(17)9(16)6(3-15)19-11/h6,9-11,15-17H,3H2,1-2H3,(H,14,18). The molecule has 0 spiro atoms. The molecule has 0 saturated carbocycles. The molecule has 1 saturated heterocycles. The van der Waals surface area contributed by atoms with Crippen molar-refractivity contribution in [1.82, 2.24) is 4.98 Å². The minimum Gasteiger partial charge on any atom is -0.394 e. The number of rotatable bonds is 2. The molecule has 4 unspecified atom stereocenters. The predicted molar refractivity (Wildman–Crippen MR) is 63.2 cm³/mol. The second kappa shape index (κ2) is 5.01. The minimum atomic E-state index is -1.37. The molecule has 1 fully saturated rings. The van der Waals surface area contributed by atoms with Crippen molar-refractivity contribution in [3.8, 4) is 0 Å². The molecule has 4 N–H and O–H groups in total. The lowest BCUT2D eigenvalue weighted by Crippen LogP contribution is -2.32. The SMILES string of the molecule is Cc1[nH]c(=O)c(C)c(F)c1C1OC(CO)C(O)C1O. The lowest BCUT2D eigenvalue weighted by Gasteiger charge is -2.18. The summed E-state index contributed by atoms with van der Waals surface area (Å²) < 4.78 is 19.4. The number of hydrogen-bond acceptors (Lipinski definition) is 5. The first-order valence-corrected chi connectivity index (χ1v) is 5.89. The molecule has 0 aliphatic carbocycles. The smallest absolute Gasteiger partial charge is 0.254 e. The first-order chi connectivity index (χ1) is 8.88. The third kappa shape index (κ3) is 2.18. The number of halogens is 1.